The van der Waals surface area contributed by atoms with Gasteiger partial charge >= 0.3 is 18.9 Å². The molecule has 0 saturated heterocycles. The maximum absolute atomic E-state index is 11.1. The Labute approximate surface area is 158 Å². The summed E-state index contributed by atoms with van der Waals surface area (Å²) in [5.41, 5.74) is 1.69. The van der Waals surface area contributed by atoms with Crippen molar-refractivity contribution in [3.63, 3.8) is 0 Å². The quantitative estimate of drug-likeness (QED) is 0.506. The maximum atomic E-state index is 11.1. The molecule has 2 rings (SSSR count). The van der Waals surface area contributed by atoms with Crippen molar-refractivity contribution in [3.8, 4) is 0 Å². The summed E-state index contributed by atoms with van der Waals surface area (Å²) in [7, 11) is 0. The molecule has 0 bridgehead atoms. The average Bonchev–Trinajstić information content (AvgIpc) is 2.43. The van der Waals surface area contributed by atoms with Crippen molar-refractivity contribution >= 4 is 50.5 Å². The van der Waals surface area contributed by atoms with E-state index in [2.05, 4.69) is 26.2 Å². The predicted molar refractivity (Wildman–Crippen MR) is 87.5 cm³/mol. The number of nitrogens with zero attached hydrogens (tertiary/aromatic N) is 1. The topological polar surface area (TPSA) is 82.1 Å². The van der Waals surface area contributed by atoms with Gasteiger partial charge in [-0.2, -0.15) is 0 Å². The van der Waals surface area contributed by atoms with Crippen molar-refractivity contribution in [1.29, 1.82) is 0 Å². The first-order valence-corrected chi connectivity index (χ1v) is 8.32. The molecule has 1 N–H and O–H groups in total. The van der Waals surface area contributed by atoms with Crippen molar-refractivity contribution in [3.05, 3.63) is 34.4 Å². The van der Waals surface area contributed by atoms with E-state index in [1.54, 1.807) is 0 Å². The molecule has 0 spiro atoms. The number of amides is 1. The molecular weight excluding hydrogens is 375 g/mol. The smallest absolute Gasteiger partial charge is 0.548 e. The third-order valence-corrected chi connectivity index (χ3v) is 4.57. The molecule has 0 fully saturated rings. The molecule has 1 aromatic heterocycles. The molecule has 23 heavy (non-hydrogen) atoms. The molecule has 0 saturated carbocycles. The number of aromatic nitrogens is 1. The third kappa shape index (κ3) is 5.54. The van der Waals surface area contributed by atoms with Crippen LogP contribution in [-0.4, -0.2) is 28.7 Å². The second-order valence-electron chi connectivity index (χ2n) is 4.81. The number of hydrogen-bond acceptors (Lipinski definition) is 5. The molecular formula is C15H14BrLiN2O3S. The molecule has 1 atom stereocenters. The van der Waals surface area contributed by atoms with Crippen LogP contribution in [0.2, 0.25) is 0 Å². The fraction of sp³-hybridized carbons (Fsp3) is 0.267. The molecule has 2 aromatic rings. The zero-order valence-corrected chi connectivity index (χ0v) is 15.5. The molecule has 0 radical (unpaired) electrons. The Bertz CT molecular complexity index is 742. The van der Waals surface area contributed by atoms with Crippen LogP contribution in [0, 0.1) is 6.92 Å². The number of rotatable bonds is 5. The van der Waals surface area contributed by atoms with E-state index in [1.165, 1.54) is 18.7 Å². The Hall–Kier alpha value is -1.00. The number of carboxylic acids is 1. The van der Waals surface area contributed by atoms with E-state index < -0.39 is 17.9 Å². The molecule has 1 amide bonds. The first kappa shape index (κ1) is 20.0. The normalized spacial score (nSPS) is 11.6. The SMILES string of the molecule is CC(=O)NC(CSc1cc(C)nc2ccc(Br)cc12)C(=O)[O-].[Li+]. The fourth-order valence-corrected chi connectivity index (χ4v) is 3.50. The van der Waals surface area contributed by atoms with Crippen LogP contribution in [0.1, 0.15) is 12.6 Å². The Morgan fingerprint density at radius 3 is 2.70 bits per heavy atom. The number of carbonyl (C=O) groups excluding carboxylic acids is 2. The van der Waals surface area contributed by atoms with E-state index in [1.807, 2.05) is 31.2 Å². The van der Waals surface area contributed by atoms with Crippen LogP contribution in [0.25, 0.3) is 10.9 Å². The second-order valence-corrected chi connectivity index (χ2v) is 6.78. The van der Waals surface area contributed by atoms with Gasteiger partial charge in [-0.05, 0) is 31.2 Å². The number of aryl methyl sites for hydroxylation is 1. The maximum Gasteiger partial charge on any atom is 1.00 e. The molecule has 1 aromatic carbocycles. The Balaban J connectivity index is 0.00000264. The van der Waals surface area contributed by atoms with Crippen molar-refractivity contribution in [1.82, 2.24) is 10.3 Å². The minimum Gasteiger partial charge on any atom is -0.548 e. The number of carbonyl (C=O) groups is 2. The summed E-state index contributed by atoms with van der Waals surface area (Å²) in [6.07, 6.45) is 0. The Kier molecular flexibility index (Phi) is 7.62. The van der Waals surface area contributed by atoms with E-state index in [9.17, 15) is 14.7 Å². The molecule has 0 aliphatic carbocycles. The summed E-state index contributed by atoms with van der Waals surface area (Å²) < 4.78 is 0.922. The number of carboxylic acid groups (broad SMARTS) is 1. The number of nitrogens with one attached hydrogen (secondary N) is 1. The first-order valence-electron chi connectivity index (χ1n) is 6.54. The predicted octanol–water partition coefficient (Wildman–Crippen LogP) is -1.34. The zero-order chi connectivity index (χ0) is 16.3. The zero-order valence-electron chi connectivity index (χ0n) is 13.1. The number of hydrogen-bond donors (Lipinski definition) is 1. The van der Waals surface area contributed by atoms with Crippen LogP contribution in [0.3, 0.4) is 0 Å². The summed E-state index contributed by atoms with van der Waals surface area (Å²) in [4.78, 5) is 27.5. The molecule has 1 heterocycles. The number of halogens is 1. The van der Waals surface area contributed by atoms with E-state index in [0.29, 0.717) is 0 Å². The van der Waals surface area contributed by atoms with Gasteiger partial charge in [0.1, 0.15) is 0 Å². The minimum absolute atomic E-state index is 0. The van der Waals surface area contributed by atoms with Gasteiger partial charge in [0, 0.05) is 33.1 Å². The second kappa shape index (κ2) is 8.74. The summed E-state index contributed by atoms with van der Waals surface area (Å²) in [6.45, 7) is 3.17. The van der Waals surface area contributed by atoms with Crippen LogP contribution in [0.5, 0.6) is 0 Å². The molecule has 116 valence electrons. The van der Waals surface area contributed by atoms with Crippen LogP contribution < -0.4 is 29.3 Å². The van der Waals surface area contributed by atoms with Gasteiger partial charge in [-0.25, -0.2) is 0 Å². The molecule has 5 nitrogen and oxygen atoms in total. The van der Waals surface area contributed by atoms with Crippen molar-refractivity contribution < 1.29 is 33.6 Å². The monoisotopic (exact) mass is 388 g/mol. The van der Waals surface area contributed by atoms with Crippen molar-refractivity contribution in [2.75, 3.05) is 5.75 Å². The minimum atomic E-state index is -1.29. The summed E-state index contributed by atoms with van der Waals surface area (Å²) in [5.74, 6) is -1.50. The van der Waals surface area contributed by atoms with Crippen molar-refractivity contribution in [2.45, 2.75) is 24.8 Å². The summed E-state index contributed by atoms with van der Waals surface area (Å²) >= 11 is 4.78. The molecule has 1 unspecified atom stereocenters. The third-order valence-electron chi connectivity index (χ3n) is 2.93. The van der Waals surface area contributed by atoms with Gasteiger partial charge in [0.05, 0.1) is 17.5 Å². The molecule has 0 aliphatic heterocycles. The number of pyridine rings is 1. The summed E-state index contributed by atoms with van der Waals surface area (Å²) in [5, 5.41) is 14.4. The van der Waals surface area contributed by atoms with Crippen LogP contribution >= 0.6 is 27.7 Å². The summed E-state index contributed by atoms with van der Waals surface area (Å²) in [6, 6.07) is 6.62. The Morgan fingerprint density at radius 1 is 1.39 bits per heavy atom. The molecule has 8 heteroatoms. The van der Waals surface area contributed by atoms with Gasteiger partial charge in [0.15, 0.2) is 0 Å². The first-order chi connectivity index (χ1) is 10.4. The number of fused-ring (bicyclic) bond motifs is 1. The molecule has 0 aliphatic rings. The van der Waals surface area contributed by atoms with E-state index >= 15 is 0 Å². The van der Waals surface area contributed by atoms with Gasteiger partial charge in [0.25, 0.3) is 0 Å². The van der Waals surface area contributed by atoms with Gasteiger partial charge in [-0.3, -0.25) is 9.78 Å². The van der Waals surface area contributed by atoms with Crippen LogP contribution in [0.4, 0.5) is 0 Å². The van der Waals surface area contributed by atoms with E-state index in [4.69, 9.17) is 0 Å². The van der Waals surface area contributed by atoms with E-state index in [0.717, 1.165) is 26.0 Å². The van der Waals surface area contributed by atoms with E-state index in [-0.39, 0.29) is 24.6 Å². The van der Waals surface area contributed by atoms with Crippen LogP contribution in [0.15, 0.2) is 33.6 Å². The van der Waals surface area contributed by atoms with Crippen LogP contribution in [-0.2, 0) is 9.59 Å². The van der Waals surface area contributed by atoms with Gasteiger partial charge in [0.2, 0.25) is 5.91 Å². The number of aliphatic carboxylic acids is 1. The number of thioether (sulfide) groups is 1. The van der Waals surface area contributed by atoms with Crippen molar-refractivity contribution in [2.24, 2.45) is 0 Å². The van der Waals surface area contributed by atoms with Gasteiger partial charge in [-0.1, -0.05) is 15.9 Å². The number of benzene rings is 1. The van der Waals surface area contributed by atoms with Gasteiger partial charge < -0.3 is 15.2 Å². The largest absolute Gasteiger partial charge is 1.00 e. The fourth-order valence-electron chi connectivity index (χ4n) is 2.00. The average molecular weight is 389 g/mol. The van der Waals surface area contributed by atoms with Gasteiger partial charge in [-0.15, -0.1) is 11.8 Å². The standard InChI is InChI=1S/C15H15BrN2O3S.Li/c1-8-5-14(11-6-10(16)3-4-12(11)17-8)22-7-13(15(20)21)18-9(2)19;/h3-6,13H,7H2,1-2H3,(H,18,19)(H,20,21);/q;+1/p-1. The Morgan fingerprint density at radius 2 is 2.09 bits per heavy atom.